The summed E-state index contributed by atoms with van der Waals surface area (Å²) in [6.07, 6.45) is 1.62. The SMILES string of the molecule is C=C(C)c1cccc(-c2cnoc2N)c1. The molecule has 0 saturated heterocycles. The first-order chi connectivity index (χ1) is 7.18. The molecule has 76 valence electrons. The van der Waals surface area contributed by atoms with E-state index in [-0.39, 0.29) is 0 Å². The van der Waals surface area contributed by atoms with E-state index in [4.69, 9.17) is 10.3 Å². The third-order valence-corrected chi connectivity index (χ3v) is 2.26. The molecule has 0 radical (unpaired) electrons. The van der Waals surface area contributed by atoms with E-state index in [0.717, 1.165) is 22.3 Å². The zero-order chi connectivity index (χ0) is 10.8. The molecule has 0 atom stereocenters. The predicted molar refractivity (Wildman–Crippen MR) is 61.1 cm³/mol. The molecule has 1 aromatic carbocycles. The molecule has 0 unspecified atom stereocenters. The fourth-order valence-electron chi connectivity index (χ4n) is 1.42. The molecule has 0 aliphatic rings. The molecule has 2 rings (SSSR count). The van der Waals surface area contributed by atoms with E-state index in [1.165, 1.54) is 0 Å². The van der Waals surface area contributed by atoms with Gasteiger partial charge in [0.05, 0.1) is 11.8 Å². The topological polar surface area (TPSA) is 52.0 Å². The van der Waals surface area contributed by atoms with Crippen molar-refractivity contribution in [2.45, 2.75) is 6.92 Å². The Labute approximate surface area is 88.2 Å². The van der Waals surface area contributed by atoms with Gasteiger partial charge in [-0.15, -0.1) is 0 Å². The predicted octanol–water partition coefficient (Wildman–Crippen LogP) is 2.96. The Morgan fingerprint density at radius 1 is 1.47 bits per heavy atom. The minimum atomic E-state index is 0.342. The number of nitrogen functional groups attached to an aromatic ring is 1. The summed E-state index contributed by atoms with van der Waals surface area (Å²) >= 11 is 0. The van der Waals surface area contributed by atoms with Crippen LogP contribution in [0.15, 0.2) is 41.6 Å². The van der Waals surface area contributed by atoms with E-state index in [1.807, 2.05) is 31.2 Å². The molecule has 15 heavy (non-hydrogen) atoms. The summed E-state index contributed by atoms with van der Waals surface area (Å²) in [7, 11) is 0. The molecule has 3 nitrogen and oxygen atoms in total. The first kappa shape index (κ1) is 9.52. The lowest BCUT2D eigenvalue weighted by Gasteiger charge is -2.02. The molecule has 0 spiro atoms. The maximum absolute atomic E-state index is 5.65. The smallest absolute Gasteiger partial charge is 0.229 e. The Morgan fingerprint density at radius 2 is 2.27 bits per heavy atom. The largest absolute Gasteiger partial charge is 0.367 e. The van der Waals surface area contributed by atoms with Crippen molar-refractivity contribution < 1.29 is 4.52 Å². The second-order valence-electron chi connectivity index (χ2n) is 3.46. The van der Waals surface area contributed by atoms with Crippen LogP contribution in [-0.2, 0) is 0 Å². The number of aromatic nitrogens is 1. The number of hydrogen-bond donors (Lipinski definition) is 1. The zero-order valence-corrected chi connectivity index (χ0v) is 8.53. The first-order valence-corrected chi connectivity index (χ1v) is 4.65. The van der Waals surface area contributed by atoms with Gasteiger partial charge in [-0.05, 0) is 24.1 Å². The van der Waals surface area contributed by atoms with Crippen molar-refractivity contribution in [2.24, 2.45) is 0 Å². The van der Waals surface area contributed by atoms with Crippen LogP contribution in [0, 0.1) is 0 Å². The standard InChI is InChI=1S/C12H12N2O/c1-8(2)9-4-3-5-10(6-9)11-7-14-15-12(11)13/h3-7H,1,13H2,2H3. The van der Waals surface area contributed by atoms with Crippen molar-refractivity contribution in [3.8, 4) is 11.1 Å². The van der Waals surface area contributed by atoms with Gasteiger partial charge in [0.2, 0.25) is 5.88 Å². The molecule has 0 aliphatic heterocycles. The Bertz CT molecular complexity index is 500. The number of benzene rings is 1. The van der Waals surface area contributed by atoms with Crippen LogP contribution < -0.4 is 5.73 Å². The highest BCUT2D eigenvalue weighted by atomic mass is 16.5. The van der Waals surface area contributed by atoms with Crippen LogP contribution in [0.3, 0.4) is 0 Å². The monoisotopic (exact) mass is 200 g/mol. The number of allylic oxidation sites excluding steroid dienone is 1. The average molecular weight is 200 g/mol. The normalized spacial score (nSPS) is 10.2. The summed E-state index contributed by atoms with van der Waals surface area (Å²) < 4.78 is 4.82. The lowest BCUT2D eigenvalue weighted by Crippen LogP contribution is -1.86. The molecule has 0 bridgehead atoms. The van der Waals surface area contributed by atoms with E-state index in [0.29, 0.717) is 5.88 Å². The Hall–Kier alpha value is -2.03. The van der Waals surface area contributed by atoms with E-state index in [2.05, 4.69) is 11.7 Å². The number of nitrogens with zero attached hydrogens (tertiary/aromatic N) is 1. The Morgan fingerprint density at radius 3 is 2.87 bits per heavy atom. The lowest BCUT2D eigenvalue weighted by atomic mass is 10.0. The molecular formula is C12H12N2O. The number of hydrogen-bond acceptors (Lipinski definition) is 3. The molecular weight excluding hydrogens is 188 g/mol. The fourth-order valence-corrected chi connectivity index (χ4v) is 1.42. The summed E-state index contributed by atoms with van der Waals surface area (Å²) in [6, 6.07) is 7.96. The molecule has 0 saturated carbocycles. The maximum atomic E-state index is 5.65. The van der Waals surface area contributed by atoms with Gasteiger partial charge in [0.25, 0.3) is 0 Å². The quantitative estimate of drug-likeness (QED) is 0.810. The molecule has 0 amide bonds. The summed E-state index contributed by atoms with van der Waals surface area (Å²) in [5.74, 6) is 0.342. The maximum Gasteiger partial charge on any atom is 0.229 e. The molecule has 2 N–H and O–H groups in total. The van der Waals surface area contributed by atoms with Crippen LogP contribution in [0.5, 0.6) is 0 Å². The minimum Gasteiger partial charge on any atom is -0.367 e. The van der Waals surface area contributed by atoms with Gasteiger partial charge in [0, 0.05) is 0 Å². The first-order valence-electron chi connectivity index (χ1n) is 4.65. The summed E-state index contributed by atoms with van der Waals surface area (Å²) in [5, 5.41) is 3.65. The lowest BCUT2D eigenvalue weighted by molar-refractivity contribution is 0.436. The molecule has 0 fully saturated rings. The van der Waals surface area contributed by atoms with Crippen molar-refractivity contribution in [2.75, 3.05) is 5.73 Å². The zero-order valence-electron chi connectivity index (χ0n) is 8.53. The number of rotatable bonds is 2. The van der Waals surface area contributed by atoms with Crippen molar-refractivity contribution in [1.29, 1.82) is 0 Å². The highest BCUT2D eigenvalue weighted by Crippen LogP contribution is 2.27. The Balaban J connectivity index is 2.50. The van der Waals surface area contributed by atoms with Crippen LogP contribution in [0.25, 0.3) is 16.7 Å². The van der Waals surface area contributed by atoms with Gasteiger partial charge in [0.1, 0.15) is 0 Å². The summed E-state index contributed by atoms with van der Waals surface area (Å²) in [6.45, 7) is 5.87. The van der Waals surface area contributed by atoms with Gasteiger partial charge in [-0.2, -0.15) is 0 Å². The minimum absolute atomic E-state index is 0.342. The average Bonchev–Trinajstić information content (AvgIpc) is 2.64. The van der Waals surface area contributed by atoms with Gasteiger partial charge in [-0.3, -0.25) is 0 Å². The van der Waals surface area contributed by atoms with Crippen molar-refractivity contribution in [3.05, 3.63) is 42.6 Å². The third-order valence-electron chi connectivity index (χ3n) is 2.26. The fraction of sp³-hybridized carbons (Fsp3) is 0.0833. The number of anilines is 1. The van der Waals surface area contributed by atoms with E-state index >= 15 is 0 Å². The van der Waals surface area contributed by atoms with Gasteiger partial charge in [0.15, 0.2) is 0 Å². The second kappa shape index (κ2) is 3.61. The van der Waals surface area contributed by atoms with Crippen molar-refractivity contribution in [3.63, 3.8) is 0 Å². The summed E-state index contributed by atoms with van der Waals surface area (Å²) in [4.78, 5) is 0. The molecule has 1 aromatic heterocycles. The van der Waals surface area contributed by atoms with Gasteiger partial charge < -0.3 is 10.3 Å². The molecule has 3 heteroatoms. The van der Waals surface area contributed by atoms with Crippen LogP contribution >= 0.6 is 0 Å². The van der Waals surface area contributed by atoms with Crippen LogP contribution in [0.4, 0.5) is 5.88 Å². The van der Waals surface area contributed by atoms with Gasteiger partial charge in [-0.1, -0.05) is 35.5 Å². The van der Waals surface area contributed by atoms with E-state index < -0.39 is 0 Å². The molecule has 0 aliphatic carbocycles. The van der Waals surface area contributed by atoms with E-state index in [1.54, 1.807) is 6.20 Å². The van der Waals surface area contributed by atoms with E-state index in [9.17, 15) is 0 Å². The van der Waals surface area contributed by atoms with Crippen molar-refractivity contribution >= 4 is 11.5 Å². The third kappa shape index (κ3) is 1.76. The molecule has 2 aromatic rings. The van der Waals surface area contributed by atoms with Crippen LogP contribution in [-0.4, -0.2) is 5.16 Å². The van der Waals surface area contributed by atoms with Crippen molar-refractivity contribution in [1.82, 2.24) is 5.16 Å². The number of nitrogens with two attached hydrogens (primary N) is 1. The molecule has 1 heterocycles. The second-order valence-corrected chi connectivity index (χ2v) is 3.46. The summed E-state index contributed by atoms with van der Waals surface area (Å²) in [5.41, 5.74) is 9.57. The Kier molecular flexibility index (Phi) is 2.29. The van der Waals surface area contributed by atoms with Gasteiger partial charge in [-0.25, -0.2) is 0 Å². The highest BCUT2D eigenvalue weighted by Gasteiger charge is 2.07. The van der Waals surface area contributed by atoms with Crippen LogP contribution in [0.1, 0.15) is 12.5 Å². The van der Waals surface area contributed by atoms with Crippen LogP contribution in [0.2, 0.25) is 0 Å². The highest BCUT2D eigenvalue weighted by molar-refractivity contribution is 5.75. The van der Waals surface area contributed by atoms with Gasteiger partial charge >= 0.3 is 0 Å².